The minimum atomic E-state index is -1.15. The molecule has 1 saturated carbocycles. The number of rotatable bonds is 6. The Balaban J connectivity index is 1.25. The highest BCUT2D eigenvalue weighted by Crippen LogP contribution is 2.45. The van der Waals surface area contributed by atoms with Crippen molar-refractivity contribution >= 4 is 23.5 Å². The smallest absolute Gasteiger partial charge is 0.241 e. The molecule has 0 spiro atoms. The average molecular weight is 495 g/mol. The molecule has 0 unspecified atom stereocenters. The van der Waals surface area contributed by atoms with Crippen molar-refractivity contribution in [1.82, 2.24) is 14.8 Å². The van der Waals surface area contributed by atoms with E-state index in [1.54, 1.807) is 6.20 Å². The summed E-state index contributed by atoms with van der Waals surface area (Å²) in [7, 11) is 0. The molecule has 7 nitrogen and oxygen atoms in total. The fourth-order valence-corrected chi connectivity index (χ4v) is 5.64. The van der Waals surface area contributed by atoms with Crippen molar-refractivity contribution in [2.24, 2.45) is 0 Å². The lowest BCUT2D eigenvalue weighted by Gasteiger charge is -2.37. The monoisotopic (exact) mass is 494 g/mol. The van der Waals surface area contributed by atoms with Crippen LogP contribution in [-0.4, -0.2) is 64.7 Å². The molecule has 1 aliphatic carbocycles. The van der Waals surface area contributed by atoms with E-state index >= 15 is 0 Å². The van der Waals surface area contributed by atoms with Crippen LogP contribution in [0.5, 0.6) is 0 Å². The van der Waals surface area contributed by atoms with Crippen molar-refractivity contribution in [3.05, 3.63) is 84.6 Å². The van der Waals surface area contributed by atoms with Gasteiger partial charge in [-0.25, -0.2) is 4.98 Å². The molecule has 0 bridgehead atoms. The molecular weight excluding hydrogens is 464 g/mol. The van der Waals surface area contributed by atoms with E-state index in [-0.39, 0.29) is 36.6 Å². The van der Waals surface area contributed by atoms with Gasteiger partial charge in [0, 0.05) is 51.3 Å². The van der Waals surface area contributed by atoms with Gasteiger partial charge in [-0.15, -0.1) is 0 Å². The molecule has 2 aromatic carbocycles. The first kappa shape index (κ1) is 23.4. The number of likely N-dealkylation sites (tertiary alicyclic amines) is 1. The fraction of sp³-hybridized carbons (Fsp3) is 0.333. The Labute approximate surface area is 216 Å². The molecule has 3 aromatic rings. The number of amides is 3. The van der Waals surface area contributed by atoms with Gasteiger partial charge in [0.25, 0.3) is 0 Å². The molecule has 3 amide bonds. The second kappa shape index (κ2) is 9.47. The maximum atomic E-state index is 13.8. The van der Waals surface area contributed by atoms with Gasteiger partial charge in [-0.3, -0.25) is 19.3 Å². The van der Waals surface area contributed by atoms with Gasteiger partial charge in [0.2, 0.25) is 17.7 Å². The molecule has 3 aliphatic rings. The van der Waals surface area contributed by atoms with Gasteiger partial charge in [0.1, 0.15) is 5.82 Å². The van der Waals surface area contributed by atoms with Crippen molar-refractivity contribution in [3.8, 4) is 11.1 Å². The van der Waals surface area contributed by atoms with Crippen molar-refractivity contribution in [2.75, 3.05) is 31.1 Å². The molecule has 3 heterocycles. The Morgan fingerprint density at radius 1 is 0.838 bits per heavy atom. The topological polar surface area (TPSA) is 73.8 Å². The quantitative estimate of drug-likeness (QED) is 0.489. The number of benzene rings is 2. The first-order valence-corrected chi connectivity index (χ1v) is 13.0. The number of carbonyl (C=O) groups excluding carboxylic acids is 3. The molecule has 37 heavy (non-hydrogen) atoms. The van der Waals surface area contributed by atoms with Crippen LogP contribution in [-0.2, 0) is 19.8 Å². The van der Waals surface area contributed by atoms with Crippen LogP contribution >= 0.6 is 0 Å². The van der Waals surface area contributed by atoms with E-state index in [4.69, 9.17) is 0 Å². The number of nitrogens with zero attached hydrogens (tertiary/aromatic N) is 4. The molecule has 1 aromatic heterocycles. The molecule has 2 saturated heterocycles. The lowest BCUT2D eigenvalue weighted by Crippen LogP contribution is -2.51. The number of carbonyl (C=O) groups is 3. The second-order valence-corrected chi connectivity index (χ2v) is 10.2. The molecule has 188 valence electrons. The molecule has 2 aliphatic heterocycles. The predicted octanol–water partition coefficient (Wildman–Crippen LogP) is 3.65. The van der Waals surface area contributed by atoms with Crippen LogP contribution < -0.4 is 4.90 Å². The van der Waals surface area contributed by atoms with E-state index < -0.39 is 5.41 Å². The Morgan fingerprint density at radius 3 is 2.16 bits per heavy atom. The van der Waals surface area contributed by atoms with Gasteiger partial charge in [-0.2, -0.15) is 0 Å². The Bertz CT molecular complexity index is 1300. The zero-order chi connectivity index (χ0) is 25.4. The van der Waals surface area contributed by atoms with Crippen LogP contribution in [0.3, 0.4) is 0 Å². The van der Waals surface area contributed by atoms with E-state index in [0.717, 1.165) is 35.3 Å². The third kappa shape index (κ3) is 4.39. The van der Waals surface area contributed by atoms with Crippen LogP contribution in [0.1, 0.15) is 31.2 Å². The van der Waals surface area contributed by atoms with E-state index in [1.165, 1.54) is 4.90 Å². The number of aromatic nitrogens is 1. The van der Waals surface area contributed by atoms with E-state index in [2.05, 4.69) is 9.88 Å². The summed E-state index contributed by atoms with van der Waals surface area (Å²) < 4.78 is 0. The Hall–Kier alpha value is -4.00. The van der Waals surface area contributed by atoms with E-state index in [0.29, 0.717) is 26.2 Å². The van der Waals surface area contributed by atoms with Gasteiger partial charge in [0.05, 0.1) is 5.41 Å². The lowest BCUT2D eigenvalue weighted by molar-refractivity contribution is -0.143. The molecule has 3 fully saturated rings. The van der Waals surface area contributed by atoms with Crippen LogP contribution in [0.2, 0.25) is 0 Å². The summed E-state index contributed by atoms with van der Waals surface area (Å²) in [6.45, 7) is 2.49. The highest BCUT2D eigenvalue weighted by atomic mass is 16.2. The van der Waals surface area contributed by atoms with Gasteiger partial charge in [0.15, 0.2) is 0 Å². The van der Waals surface area contributed by atoms with E-state index in [9.17, 15) is 14.4 Å². The predicted molar refractivity (Wildman–Crippen MR) is 141 cm³/mol. The van der Waals surface area contributed by atoms with Gasteiger partial charge in [-0.1, -0.05) is 60.7 Å². The minimum Gasteiger partial charge on any atom is -0.353 e. The van der Waals surface area contributed by atoms with Crippen molar-refractivity contribution < 1.29 is 14.4 Å². The molecule has 7 heteroatoms. The number of hydrogen-bond donors (Lipinski definition) is 0. The molecule has 6 rings (SSSR count). The maximum Gasteiger partial charge on any atom is 0.241 e. The second-order valence-electron chi connectivity index (χ2n) is 10.2. The third-order valence-corrected chi connectivity index (χ3v) is 7.87. The number of hydrogen-bond acceptors (Lipinski definition) is 5. The zero-order valence-electron chi connectivity index (χ0n) is 20.8. The summed E-state index contributed by atoms with van der Waals surface area (Å²) in [5.74, 6) is 0.452. The van der Waals surface area contributed by atoms with Gasteiger partial charge >= 0.3 is 0 Å². The lowest BCUT2D eigenvalue weighted by atomic mass is 9.75. The fourth-order valence-electron chi connectivity index (χ4n) is 5.64. The summed E-state index contributed by atoms with van der Waals surface area (Å²) >= 11 is 0. The number of pyridine rings is 1. The zero-order valence-corrected chi connectivity index (χ0v) is 20.8. The van der Waals surface area contributed by atoms with Gasteiger partial charge in [-0.05, 0) is 41.7 Å². The standard InChI is InChI=1S/C30H30N4O3/c35-27(33-18-16-32(17-19-33)26-8-4-5-15-31-26)20-30(21-28(36)34(29(30)37)25-13-14-25)24-11-9-23(10-12-24)22-6-2-1-3-7-22/h1-12,15,25H,13-14,16-21H2/t30-/m0/s1. The van der Waals surface area contributed by atoms with Gasteiger partial charge < -0.3 is 9.80 Å². The summed E-state index contributed by atoms with van der Waals surface area (Å²) in [6.07, 6.45) is 3.53. The van der Waals surface area contributed by atoms with Crippen LogP contribution in [0, 0.1) is 0 Å². The van der Waals surface area contributed by atoms with Crippen molar-refractivity contribution in [2.45, 2.75) is 37.1 Å². The number of imide groups is 1. The van der Waals surface area contributed by atoms with E-state index in [1.807, 2.05) is 77.7 Å². The summed E-state index contributed by atoms with van der Waals surface area (Å²) in [4.78, 5) is 50.4. The van der Waals surface area contributed by atoms with Crippen LogP contribution in [0.15, 0.2) is 79.0 Å². The van der Waals surface area contributed by atoms with Crippen LogP contribution in [0.25, 0.3) is 11.1 Å². The normalized spacial score (nSPS) is 22.0. The molecule has 0 N–H and O–H groups in total. The molecular formula is C30H30N4O3. The summed E-state index contributed by atoms with van der Waals surface area (Å²) in [5, 5.41) is 0. The highest BCUT2D eigenvalue weighted by Gasteiger charge is 2.57. The number of anilines is 1. The summed E-state index contributed by atoms with van der Waals surface area (Å²) in [5.41, 5.74) is 1.71. The third-order valence-electron chi connectivity index (χ3n) is 7.87. The Kier molecular flexibility index (Phi) is 5.99. The SMILES string of the molecule is O=C(C[C@@]1(c2ccc(-c3ccccc3)cc2)CC(=O)N(C2CC2)C1=O)N1CCN(c2ccccn2)CC1. The maximum absolute atomic E-state index is 13.8. The Morgan fingerprint density at radius 2 is 1.51 bits per heavy atom. The first-order valence-electron chi connectivity index (χ1n) is 13.0. The van der Waals surface area contributed by atoms with Crippen LogP contribution in [0.4, 0.5) is 5.82 Å². The van der Waals surface area contributed by atoms with Crippen molar-refractivity contribution in [1.29, 1.82) is 0 Å². The molecule has 1 atom stereocenters. The highest BCUT2D eigenvalue weighted by molar-refractivity contribution is 6.11. The largest absolute Gasteiger partial charge is 0.353 e. The number of piperazine rings is 1. The minimum absolute atomic E-state index is 0.00899. The first-order chi connectivity index (χ1) is 18.0. The average Bonchev–Trinajstić information content (AvgIpc) is 3.75. The summed E-state index contributed by atoms with van der Waals surface area (Å²) in [6, 6.07) is 23.7. The molecule has 0 radical (unpaired) electrons. The van der Waals surface area contributed by atoms with Crippen molar-refractivity contribution in [3.63, 3.8) is 0 Å².